The lowest BCUT2D eigenvalue weighted by Gasteiger charge is -2.28. The van der Waals surface area contributed by atoms with E-state index in [4.69, 9.17) is 5.26 Å². The summed E-state index contributed by atoms with van der Waals surface area (Å²) in [5.41, 5.74) is 5.41. The first-order chi connectivity index (χ1) is 14.3. The van der Waals surface area contributed by atoms with Gasteiger partial charge in [-0.15, -0.1) is 0 Å². The molecule has 2 atom stereocenters. The molecule has 7 nitrogen and oxygen atoms in total. The average Bonchev–Trinajstić information content (AvgIpc) is 3.41. The quantitative estimate of drug-likeness (QED) is 0.570. The lowest BCUT2D eigenvalue weighted by atomic mass is 9.99. The Kier molecular flexibility index (Phi) is 5.43. The van der Waals surface area contributed by atoms with E-state index in [1.165, 1.54) is 27.7 Å². The number of rotatable bonds is 4. The van der Waals surface area contributed by atoms with E-state index in [0.29, 0.717) is 0 Å². The van der Waals surface area contributed by atoms with Crippen LogP contribution in [0.2, 0.25) is 0 Å². The number of benzene rings is 1. The molecule has 0 radical (unpaired) electrons. The smallest absolute Gasteiger partial charge is 0.307 e. The van der Waals surface area contributed by atoms with E-state index >= 15 is 0 Å². The highest BCUT2D eigenvalue weighted by molar-refractivity contribution is 7.95. The zero-order valence-electron chi connectivity index (χ0n) is 17.4. The summed E-state index contributed by atoms with van der Waals surface area (Å²) in [4.78, 5) is 14.9. The van der Waals surface area contributed by atoms with Crippen molar-refractivity contribution in [3.63, 3.8) is 0 Å². The van der Waals surface area contributed by atoms with Crippen LogP contribution in [-0.2, 0) is 35.6 Å². The molecule has 1 aromatic carbocycles. The van der Waals surface area contributed by atoms with E-state index in [-0.39, 0.29) is 0 Å². The van der Waals surface area contributed by atoms with Crippen LogP contribution in [0.4, 0.5) is 10.5 Å². The van der Waals surface area contributed by atoms with Crippen molar-refractivity contribution in [2.45, 2.75) is 51.0 Å². The number of anilines is 1. The fourth-order valence-corrected chi connectivity index (χ4v) is 5.65. The van der Waals surface area contributed by atoms with Gasteiger partial charge in [0.25, 0.3) is 0 Å². The third-order valence-electron chi connectivity index (χ3n) is 6.37. The second-order valence-corrected chi connectivity index (χ2v) is 10.2. The van der Waals surface area contributed by atoms with Crippen LogP contribution in [0, 0.1) is 11.5 Å². The van der Waals surface area contributed by atoms with Gasteiger partial charge in [-0.3, -0.25) is 4.90 Å². The van der Waals surface area contributed by atoms with Crippen LogP contribution in [0.1, 0.15) is 42.0 Å². The number of nitrogens with zero attached hydrogens (tertiary/aromatic N) is 3. The van der Waals surface area contributed by atoms with E-state index in [1.807, 2.05) is 26.1 Å². The number of amides is 2. The van der Waals surface area contributed by atoms with Crippen molar-refractivity contribution in [3.8, 4) is 6.19 Å². The van der Waals surface area contributed by atoms with E-state index in [1.54, 1.807) is 12.3 Å². The summed E-state index contributed by atoms with van der Waals surface area (Å²) in [6.45, 7) is 2.74. The Bertz CT molecular complexity index is 1080. The van der Waals surface area contributed by atoms with Gasteiger partial charge in [0.2, 0.25) is 6.19 Å². The molecule has 1 unspecified atom stereocenters. The topological polar surface area (TPSA) is 97.6 Å². The highest BCUT2D eigenvalue weighted by Crippen LogP contribution is 2.38. The molecule has 0 saturated heterocycles. The predicted octanol–water partition coefficient (Wildman–Crippen LogP) is 3.42. The van der Waals surface area contributed by atoms with Gasteiger partial charge in [0.05, 0.1) is 5.54 Å². The van der Waals surface area contributed by atoms with Gasteiger partial charge in [0, 0.05) is 17.6 Å². The normalized spacial score (nSPS) is 24.3. The minimum absolute atomic E-state index is 0.438. The molecule has 2 aliphatic carbocycles. The van der Waals surface area contributed by atoms with E-state index < -0.39 is 21.5 Å². The molecule has 2 N–H and O–H groups in total. The highest BCUT2D eigenvalue weighted by atomic mass is 32.2. The zero-order chi connectivity index (χ0) is 21.4. The largest absolute Gasteiger partial charge is 0.331 e. The van der Waals surface area contributed by atoms with Crippen LogP contribution >= 0.6 is 0 Å². The van der Waals surface area contributed by atoms with Crippen LogP contribution in [0.3, 0.4) is 0 Å². The van der Waals surface area contributed by atoms with Crippen LogP contribution in [-0.4, -0.2) is 34.3 Å². The first-order valence-electron chi connectivity index (χ1n) is 10.3. The predicted molar refractivity (Wildman–Crippen MR) is 118 cm³/mol. The Morgan fingerprint density at radius 2 is 1.93 bits per heavy atom. The lowest BCUT2D eigenvalue weighted by molar-refractivity contribution is 0.257. The summed E-state index contributed by atoms with van der Waals surface area (Å²) in [6.07, 6.45) is 13.4. The number of nitrogens with one attached hydrogen (secondary N) is 2. The summed E-state index contributed by atoms with van der Waals surface area (Å²) in [5.74, 6) is 0. The van der Waals surface area contributed by atoms with Gasteiger partial charge in [-0.25, -0.2) is 13.7 Å². The second kappa shape index (κ2) is 7.89. The number of fused-ring (bicyclic) bond motifs is 2. The van der Waals surface area contributed by atoms with Gasteiger partial charge in [-0.2, -0.15) is 5.26 Å². The number of aryl methyl sites for hydroxylation is 2. The van der Waals surface area contributed by atoms with Gasteiger partial charge in [0.1, 0.15) is 0 Å². The molecule has 3 aliphatic rings. The van der Waals surface area contributed by atoms with Crippen molar-refractivity contribution in [2.75, 3.05) is 18.9 Å². The molecule has 0 bridgehead atoms. The maximum Gasteiger partial charge on any atom is 0.331 e. The monoisotopic (exact) mass is 425 g/mol. The minimum Gasteiger partial charge on any atom is -0.307 e. The summed E-state index contributed by atoms with van der Waals surface area (Å²) < 4.78 is 19.1. The maximum atomic E-state index is 13.2. The molecule has 2 amide bonds. The molecule has 4 rings (SSSR count). The molecule has 30 heavy (non-hydrogen) atoms. The molecule has 0 aromatic heterocycles. The Morgan fingerprint density at radius 3 is 2.50 bits per heavy atom. The van der Waals surface area contributed by atoms with Gasteiger partial charge in [0.15, 0.2) is 9.92 Å². The SMILES string of the molecule is CN1CC=C[C@]1(C)/C=C/S(=O)(=NC#N)NC(=O)Nc1c2c(cc3c1CCC3)CCC2. The molecule has 1 heterocycles. The van der Waals surface area contributed by atoms with Crippen LogP contribution < -0.4 is 10.0 Å². The highest BCUT2D eigenvalue weighted by Gasteiger charge is 2.28. The van der Waals surface area contributed by atoms with Crippen LogP contribution in [0.15, 0.2) is 34.1 Å². The number of carbonyl (C=O) groups is 1. The average molecular weight is 426 g/mol. The van der Waals surface area contributed by atoms with Crippen molar-refractivity contribution in [1.82, 2.24) is 9.62 Å². The molecule has 0 spiro atoms. The lowest BCUT2D eigenvalue weighted by Crippen LogP contribution is -2.37. The standard InChI is InChI=1S/C22H27N5O2S/c1-22(10-5-12-27(22)2)11-13-30(29,24-15-23)26-21(28)25-20-18-8-3-6-16(18)14-17-7-4-9-19(17)20/h5,10-11,13-14H,3-4,6-9,12H2,1-2H3,(H2,24,25,26,28,29)/b13-11+/t22-,30?/m1/s1. The molecule has 1 aliphatic heterocycles. The van der Waals surface area contributed by atoms with E-state index in [2.05, 4.69) is 25.4 Å². The van der Waals surface area contributed by atoms with Crippen molar-refractivity contribution >= 4 is 21.6 Å². The zero-order valence-corrected chi connectivity index (χ0v) is 18.2. The number of carbonyl (C=O) groups excluding carboxylic acids is 1. The summed E-state index contributed by atoms with van der Waals surface area (Å²) in [5, 5.41) is 13.3. The van der Waals surface area contributed by atoms with E-state index in [0.717, 1.165) is 50.8 Å². The van der Waals surface area contributed by atoms with Crippen molar-refractivity contribution in [3.05, 3.63) is 52.0 Å². The van der Waals surface area contributed by atoms with Crippen molar-refractivity contribution in [2.24, 2.45) is 4.36 Å². The third kappa shape index (κ3) is 3.87. The second-order valence-electron chi connectivity index (χ2n) is 8.36. The summed E-state index contributed by atoms with van der Waals surface area (Å²) in [6, 6.07) is 1.69. The fraction of sp³-hybridized carbons (Fsp3) is 0.455. The molecule has 158 valence electrons. The first kappa shape index (κ1) is 20.6. The van der Waals surface area contributed by atoms with Crippen molar-refractivity contribution in [1.29, 1.82) is 5.26 Å². The first-order valence-corrected chi connectivity index (χ1v) is 11.9. The minimum atomic E-state index is -3.37. The third-order valence-corrected chi connectivity index (χ3v) is 7.71. The number of urea groups is 1. The Balaban J connectivity index is 1.57. The van der Waals surface area contributed by atoms with Gasteiger partial charge < -0.3 is 5.32 Å². The number of nitriles is 1. The number of likely N-dealkylation sites (N-methyl/N-ethyl adjacent to an activating group) is 1. The Labute approximate surface area is 178 Å². The number of hydrogen-bond donors (Lipinski definition) is 2. The van der Waals surface area contributed by atoms with Gasteiger partial charge in [-0.05, 0) is 80.8 Å². The molecular weight excluding hydrogens is 398 g/mol. The summed E-state index contributed by atoms with van der Waals surface area (Å²) in [7, 11) is -1.43. The van der Waals surface area contributed by atoms with Gasteiger partial charge in [-0.1, -0.05) is 22.6 Å². The molecule has 0 saturated carbocycles. The Morgan fingerprint density at radius 1 is 1.27 bits per heavy atom. The number of hydrogen-bond acceptors (Lipinski definition) is 5. The van der Waals surface area contributed by atoms with Crippen LogP contribution in [0.5, 0.6) is 0 Å². The molecule has 0 fully saturated rings. The molecule has 8 heteroatoms. The van der Waals surface area contributed by atoms with E-state index in [9.17, 15) is 9.00 Å². The summed E-state index contributed by atoms with van der Waals surface area (Å²) >= 11 is 0. The van der Waals surface area contributed by atoms with Gasteiger partial charge >= 0.3 is 6.03 Å². The van der Waals surface area contributed by atoms with Crippen molar-refractivity contribution < 1.29 is 9.00 Å². The fourth-order valence-electron chi connectivity index (χ4n) is 4.57. The molecular formula is C22H27N5O2S. The molecule has 1 aromatic rings. The Hall–Kier alpha value is -2.63. The van der Waals surface area contributed by atoms with Crippen LogP contribution in [0.25, 0.3) is 0 Å². The maximum absolute atomic E-state index is 13.2.